The van der Waals surface area contributed by atoms with Crippen LogP contribution in [0.5, 0.6) is 0 Å². The fraction of sp³-hybridized carbons (Fsp3) is 0.579. The first-order chi connectivity index (χ1) is 11.9. The smallest absolute Gasteiger partial charge is 0.262 e. The molecule has 1 aliphatic rings. The average Bonchev–Trinajstić information content (AvgIpc) is 3.07. The molecule has 1 aromatic heterocycles. The van der Waals surface area contributed by atoms with Crippen LogP contribution in [0.15, 0.2) is 34.2 Å². The van der Waals surface area contributed by atoms with Crippen LogP contribution < -0.4 is 5.56 Å². The molecule has 0 N–H and O–H groups in total. The number of rotatable bonds is 6. The Bertz CT molecular complexity index is 776. The van der Waals surface area contributed by atoms with Gasteiger partial charge in [-0.2, -0.15) is 0 Å². The van der Waals surface area contributed by atoms with Gasteiger partial charge in [-0.15, -0.1) is 0 Å². The van der Waals surface area contributed by atoms with E-state index >= 15 is 0 Å². The molecular weight excluding hydrogens is 336 g/mol. The van der Waals surface area contributed by atoms with E-state index in [1.807, 2.05) is 45.0 Å². The number of para-hydroxylation sites is 1. The first kappa shape index (κ1) is 18.4. The summed E-state index contributed by atoms with van der Waals surface area (Å²) in [6, 6.07) is 7.53. The largest absolute Gasteiger partial charge is 0.376 e. The third kappa shape index (κ3) is 4.84. The molecule has 25 heavy (non-hydrogen) atoms. The molecule has 2 aromatic rings. The molecule has 0 unspecified atom stereocenters. The van der Waals surface area contributed by atoms with Crippen molar-refractivity contribution in [2.75, 3.05) is 19.0 Å². The van der Waals surface area contributed by atoms with Gasteiger partial charge in [0.25, 0.3) is 5.56 Å². The third-order valence-corrected chi connectivity index (χ3v) is 5.03. The Labute approximate surface area is 152 Å². The van der Waals surface area contributed by atoms with Crippen LogP contribution in [0.2, 0.25) is 0 Å². The monoisotopic (exact) mass is 362 g/mol. The molecule has 3 rings (SSSR count). The molecule has 0 bridgehead atoms. The summed E-state index contributed by atoms with van der Waals surface area (Å²) in [6.45, 7) is 8.09. The quantitative estimate of drug-likeness (QED) is 0.447. The molecule has 0 radical (unpaired) electrons. The van der Waals surface area contributed by atoms with Gasteiger partial charge in [0.15, 0.2) is 5.16 Å². The van der Waals surface area contributed by atoms with Crippen LogP contribution in [0.25, 0.3) is 10.9 Å². The summed E-state index contributed by atoms with van der Waals surface area (Å²) in [5, 5.41) is 1.41. The lowest BCUT2D eigenvalue weighted by molar-refractivity contribution is 0.00692. The Hall–Kier alpha value is -1.37. The molecule has 0 spiro atoms. The van der Waals surface area contributed by atoms with Gasteiger partial charge in [-0.25, -0.2) is 4.98 Å². The number of fused-ring (bicyclic) bond motifs is 1. The van der Waals surface area contributed by atoms with E-state index in [1.165, 1.54) is 0 Å². The van der Waals surface area contributed by atoms with Gasteiger partial charge in [0.05, 0.1) is 35.8 Å². The number of ether oxygens (including phenoxy) is 2. The maximum absolute atomic E-state index is 13.0. The predicted octanol–water partition coefficient (Wildman–Crippen LogP) is 3.48. The van der Waals surface area contributed by atoms with E-state index in [4.69, 9.17) is 14.5 Å². The minimum atomic E-state index is -0.158. The summed E-state index contributed by atoms with van der Waals surface area (Å²) >= 11 is 1.57. The fourth-order valence-corrected chi connectivity index (χ4v) is 3.72. The number of benzene rings is 1. The summed E-state index contributed by atoms with van der Waals surface area (Å²) in [5.41, 5.74) is 0.602. The molecule has 1 fully saturated rings. The molecule has 5 nitrogen and oxygen atoms in total. The van der Waals surface area contributed by atoms with Crippen molar-refractivity contribution in [1.82, 2.24) is 9.55 Å². The van der Waals surface area contributed by atoms with Gasteiger partial charge in [-0.3, -0.25) is 9.36 Å². The normalized spacial score (nSPS) is 18.1. The zero-order valence-electron chi connectivity index (χ0n) is 15.2. The molecule has 1 aromatic carbocycles. The van der Waals surface area contributed by atoms with Gasteiger partial charge in [0, 0.05) is 12.4 Å². The van der Waals surface area contributed by atoms with Crippen molar-refractivity contribution in [1.29, 1.82) is 0 Å². The predicted molar refractivity (Wildman–Crippen MR) is 101 cm³/mol. The highest BCUT2D eigenvalue weighted by Crippen LogP contribution is 2.21. The van der Waals surface area contributed by atoms with E-state index in [0.717, 1.165) is 35.9 Å². The van der Waals surface area contributed by atoms with E-state index in [1.54, 1.807) is 16.3 Å². The summed E-state index contributed by atoms with van der Waals surface area (Å²) in [4.78, 5) is 17.7. The molecule has 1 aliphatic heterocycles. The Morgan fingerprint density at radius 2 is 2.16 bits per heavy atom. The van der Waals surface area contributed by atoms with Crippen LogP contribution in [0, 0.1) is 0 Å². The lowest BCUT2D eigenvalue weighted by atomic mass is 10.2. The second kappa shape index (κ2) is 7.89. The molecule has 136 valence electrons. The lowest BCUT2D eigenvalue weighted by Crippen LogP contribution is -2.29. The minimum Gasteiger partial charge on any atom is -0.376 e. The van der Waals surface area contributed by atoms with Crippen molar-refractivity contribution in [3.05, 3.63) is 34.6 Å². The number of thioether (sulfide) groups is 1. The maximum Gasteiger partial charge on any atom is 0.262 e. The molecule has 1 atom stereocenters. The molecule has 0 saturated carbocycles. The van der Waals surface area contributed by atoms with Gasteiger partial charge in [0.2, 0.25) is 0 Å². The van der Waals surface area contributed by atoms with Crippen LogP contribution in [0.4, 0.5) is 0 Å². The molecule has 0 aliphatic carbocycles. The standard InChI is InChI=1S/C19H26N2O3S/c1-19(2,3)24-11-12-25-18-20-16-9-5-4-8-15(16)17(22)21(18)13-14-7-6-10-23-14/h4-5,8-9,14H,6-7,10-13H2,1-3H3/t14-/m1/s1. The number of hydrogen-bond donors (Lipinski definition) is 0. The van der Waals surface area contributed by atoms with Crippen LogP contribution in [0.3, 0.4) is 0 Å². The van der Waals surface area contributed by atoms with Crippen LogP contribution in [-0.2, 0) is 16.0 Å². The highest BCUT2D eigenvalue weighted by molar-refractivity contribution is 7.99. The third-order valence-electron chi connectivity index (χ3n) is 4.09. The molecule has 2 heterocycles. The average molecular weight is 362 g/mol. The van der Waals surface area contributed by atoms with Crippen LogP contribution in [0.1, 0.15) is 33.6 Å². The highest BCUT2D eigenvalue weighted by atomic mass is 32.2. The van der Waals surface area contributed by atoms with Crippen molar-refractivity contribution < 1.29 is 9.47 Å². The molecule has 0 amide bonds. The van der Waals surface area contributed by atoms with E-state index < -0.39 is 0 Å². The van der Waals surface area contributed by atoms with Gasteiger partial charge in [0.1, 0.15) is 0 Å². The van der Waals surface area contributed by atoms with Crippen LogP contribution in [-0.4, -0.2) is 40.2 Å². The molecule has 1 saturated heterocycles. The van der Waals surface area contributed by atoms with Crippen molar-refractivity contribution in [2.45, 2.75) is 57.0 Å². The number of hydrogen-bond acceptors (Lipinski definition) is 5. The van der Waals surface area contributed by atoms with Gasteiger partial charge in [-0.1, -0.05) is 23.9 Å². The Morgan fingerprint density at radius 1 is 1.36 bits per heavy atom. The van der Waals surface area contributed by atoms with Crippen LogP contribution >= 0.6 is 11.8 Å². The second-order valence-corrected chi connectivity index (χ2v) is 8.33. The van der Waals surface area contributed by atoms with Gasteiger partial charge in [-0.05, 0) is 45.7 Å². The zero-order valence-corrected chi connectivity index (χ0v) is 16.0. The summed E-state index contributed by atoms with van der Waals surface area (Å²) in [7, 11) is 0. The van der Waals surface area contributed by atoms with Crippen molar-refractivity contribution in [3.8, 4) is 0 Å². The van der Waals surface area contributed by atoms with Crippen molar-refractivity contribution in [2.24, 2.45) is 0 Å². The minimum absolute atomic E-state index is 0.0142. The summed E-state index contributed by atoms with van der Waals surface area (Å²) in [6.07, 6.45) is 2.16. The second-order valence-electron chi connectivity index (χ2n) is 7.27. The Kier molecular flexibility index (Phi) is 5.81. The molecular formula is C19H26N2O3S. The van der Waals surface area contributed by atoms with Gasteiger partial charge < -0.3 is 9.47 Å². The Balaban J connectivity index is 1.84. The summed E-state index contributed by atoms with van der Waals surface area (Å²) in [5.74, 6) is 0.758. The highest BCUT2D eigenvalue weighted by Gasteiger charge is 2.20. The van der Waals surface area contributed by atoms with E-state index in [-0.39, 0.29) is 17.3 Å². The number of nitrogens with zero attached hydrogens (tertiary/aromatic N) is 2. The first-order valence-corrected chi connectivity index (χ1v) is 9.80. The fourth-order valence-electron chi connectivity index (χ4n) is 2.89. The Morgan fingerprint density at radius 3 is 2.88 bits per heavy atom. The molecule has 6 heteroatoms. The van der Waals surface area contributed by atoms with E-state index in [9.17, 15) is 4.79 Å². The van der Waals surface area contributed by atoms with Gasteiger partial charge >= 0.3 is 0 Å². The van der Waals surface area contributed by atoms with Crippen molar-refractivity contribution in [3.63, 3.8) is 0 Å². The van der Waals surface area contributed by atoms with Crippen molar-refractivity contribution >= 4 is 22.7 Å². The topological polar surface area (TPSA) is 53.3 Å². The lowest BCUT2D eigenvalue weighted by Gasteiger charge is -2.20. The first-order valence-electron chi connectivity index (χ1n) is 8.82. The maximum atomic E-state index is 13.0. The van der Waals surface area contributed by atoms with E-state index in [2.05, 4.69) is 0 Å². The van der Waals surface area contributed by atoms with E-state index in [0.29, 0.717) is 18.5 Å². The SMILES string of the molecule is CC(C)(C)OCCSc1nc2ccccc2c(=O)n1C[C@H]1CCCO1. The number of aromatic nitrogens is 2. The summed E-state index contributed by atoms with van der Waals surface area (Å²) < 4.78 is 13.3. The zero-order chi connectivity index (χ0) is 17.9.